The Hall–Kier alpha value is -0.130. The number of piperidine rings is 1. The number of sulfone groups is 1. The zero-order valence-electron chi connectivity index (χ0n) is 13.4. The lowest BCUT2D eigenvalue weighted by Gasteiger charge is -2.32. The lowest BCUT2D eigenvalue weighted by molar-refractivity contribution is 0.190. The number of nitrogens with one attached hydrogen (secondary N) is 1. The molecule has 1 fully saturated rings. The van der Waals surface area contributed by atoms with E-state index in [1.807, 2.05) is 6.92 Å². The third-order valence-electron chi connectivity index (χ3n) is 3.93. The van der Waals surface area contributed by atoms with Gasteiger partial charge < -0.3 is 10.2 Å². The Kier molecular flexibility index (Phi) is 8.07. The van der Waals surface area contributed by atoms with Crippen molar-refractivity contribution in [2.24, 2.45) is 11.8 Å². The largest absolute Gasteiger partial charge is 0.316 e. The van der Waals surface area contributed by atoms with Gasteiger partial charge in [-0.15, -0.1) is 0 Å². The van der Waals surface area contributed by atoms with Crippen LogP contribution >= 0.6 is 0 Å². The molecule has 0 atom stereocenters. The molecule has 1 saturated heterocycles. The smallest absolute Gasteiger partial charge is 0.151 e. The van der Waals surface area contributed by atoms with Gasteiger partial charge in [-0.2, -0.15) is 0 Å². The molecule has 0 aliphatic carbocycles. The highest BCUT2D eigenvalue weighted by molar-refractivity contribution is 7.91. The summed E-state index contributed by atoms with van der Waals surface area (Å²) < 4.78 is 23.4. The second-order valence-electron chi connectivity index (χ2n) is 6.49. The first-order valence-electron chi connectivity index (χ1n) is 8.06. The highest BCUT2D eigenvalue weighted by atomic mass is 32.2. The van der Waals surface area contributed by atoms with E-state index in [1.165, 1.54) is 12.8 Å². The van der Waals surface area contributed by atoms with Crippen molar-refractivity contribution in [3.05, 3.63) is 0 Å². The molecule has 0 aromatic carbocycles. The van der Waals surface area contributed by atoms with Gasteiger partial charge in [0.25, 0.3) is 0 Å². The fourth-order valence-electron chi connectivity index (χ4n) is 2.67. The van der Waals surface area contributed by atoms with E-state index >= 15 is 0 Å². The summed E-state index contributed by atoms with van der Waals surface area (Å²) in [6, 6.07) is 0. The molecule has 0 aromatic heterocycles. The molecule has 1 aliphatic rings. The summed E-state index contributed by atoms with van der Waals surface area (Å²) in [7, 11) is -2.82. The van der Waals surface area contributed by atoms with E-state index in [1.54, 1.807) is 0 Å². The first-order valence-corrected chi connectivity index (χ1v) is 9.88. The molecule has 0 spiro atoms. The Labute approximate surface area is 125 Å². The Morgan fingerprint density at radius 3 is 2.40 bits per heavy atom. The van der Waals surface area contributed by atoms with E-state index < -0.39 is 9.84 Å². The number of hydrogen-bond donors (Lipinski definition) is 1. The SMILES string of the molecule is CCCS(=O)(=O)CCN1CCC(CNCC(C)C)CC1. The monoisotopic (exact) mass is 304 g/mol. The van der Waals surface area contributed by atoms with Gasteiger partial charge in [0.1, 0.15) is 0 Å². The van der Waals surface area contributed by atoms with Gasteiger partial charge in [-0.1, -0.05) is 20.8 Å². The van der Waals surface area contributed by atoms with Crippen LogP contribution in [-0.2, 0) is 9.84 Å². The molecule has 0 unspecified atom stereocenters. The Morgan fingerprint density at radius 2 is 1.85 bits per heavy atom. The average Bonchev–Trinajstić information content (AvgIpc) is 2.37. The van der Waals surface area contributed by atoms with Crippen molar-refractivity contribution >= 4 is 9.84 Å². The highest BCUT2D eigenvalue weighted by Gasteiger charge is 2.20. The van der Waals surface area contributed by atoms with Gasteiger partial charge >= 0.3 is 0 Å². The number of rotatable bonds is 9. The van der Waals surface area contributed by atoms with Gasteiger partial charge in [0.05, 0.1) is 5.75 Å². The van der Waals surface area contributed by atoms with Crippen LogP contribution < -0.4 is 5.32 Å². The molecule has 120 valence electrons. The van der Waals surface area contributed by atoms with Crippen LogP contribution in [-0.4, -0.2) is 57.5 Å². The van der Waals surface area contributed by atoms with E-state index in [0.29, 0.717) is 24.0 Å². The molecule has 0 radical (unpaired) electrons. The van der Waals surface area contributed by atoms with Crippen LogP contribution in [0.5, 0.6) is 0 Å². The maximum Gasteiger partial charge on any atom is 0.151 e. The van der Waals surface area contributed by atoms with Crippen LogP contribution in [0.25, 0.3) is 0 Å². The van der Waals surface area contributed by atoms with Gasteiger partial charge in [-0.25, -0.2) is 8.42 Å². The zero-order chi connectivity index (χ0) is 15.0. The molecule has 1 aliphatic heterocycles. The fourth-order valence-corrected chi connectivity index (χ4v) is 4.03. The molecular formula is C15H32N2O2S. The summed E-state index contributed by atoms with van der Waals surface area (Å²) in [4.78, 5) is 2.31. The van der Waals surface area contributed by atoms with E-state index in [4.69, 9.17) is 0 Å². The van der Waals surface area contributed by atoms with Crippen LogP contribution in [0.4, 0.5) is 0 Å². The van der Waals surface area contributed by atoms with Gasteiger partial charge in [-0.05, 0) is 57.3 Å². The Bertz CT molecular complexity index is 347. The molecule has 1 heterocycles. The second kappa shape index (κ2) is 9.00. The molecule has 0 bridgehead atoms. The van der Waals surface area contributed by atoms with Crippen molar-refractivity contribution in [1.82, 2.24) is 10.2 Å². The van der Waals surface area contributed by atoms with E-state index in [9.17, 15) is 8.42 Å². The van der Waals surface area contributed by atoms with Crippen molar-refractivity contribution in [2.45, 2.75) is 40.0 Å². The van der Waals surface area contributed by atoms with Crippen LogP contribution in [0.2, 0.25) is 0 Å². The van der Waals surface area contributed by atoms with Crippen molar-refractivity contribution in [3.63, 3.8) is 0 Å². The minimum absolute atomic E-state index is 0.330. The maximum atomic E-state index is 11.7. The number of hydrogen-bond acceptors (Lipinski definition) is 4. The molecular weight excluding hydrogens is 272 g/mol. The lowest BCUT2D eigenvalue weighted by Crippen LogP contribution is -2.40. The van der Waals surface area contributed by atoms with Crippen molar-refractivity contribution in [3.8, 4) is 0 Å². The minimum atomic E-state index is -2.82. The molecule has 0 amide bonds. The van der Waals surface area contributed by atoms with Crippen LogP contribution in [0.3, 0.4) is 0 Å². The van der Waals surface area contributed by atoms with Gasteiger partial charge in [0.15, 0.2) is 9.84 Å². The average molecular weight is 305 g/mol. The normalized spacial score (nSPS) is 18.8. The van der Waals surface area contributed by atoms with Crippen molar-refractivity contribution in [2.75, 3.05) is 44.2 Å². The predicted molar refractivity (Wildman–Crippen MR) is 85.8 cm³/mol. The second-order valence-corrected chi connectivity index (χ2v) is 8.79. The fraction of sp³-hybridized carbons (Fsp3) is 1.00. The molecule has 0 saturated carbocycles. The van der Waals surface area contributed by atoms with Gasteiger partial charge in [0.2, 0.25) is 0 Å². The predicted octanol–water partition coefficient (Wildman–Crippen LogP) is 1.77. The maximum absolute atomic E-state index is 11.7. The summed E-state index contributed by atoms with van der Waals surface area (Å²) in [5, 5.41) is 3.53. The molecule has 0 aromatic rings. The van der Waals surface area contributed by atoms with Crippen molar-refractivity contribution in [1.29, 1.82) is 0 Å². The summed E-state index contributed by atoms with van der Waals surface area (Å²) in [6.45, 7) is 11.4. The molecule has 5 heteroatoms. The van der Waals surface area contributed by atoms with Gasteiger partial charge in [-0.3, -0.25) is 0 Å². The standard InChI is InChI=1S/C15H32N2O2S/c1-4-10-20(18,19)11-9-17-7-5-15(6-8-17)13-16-12-14(2)3/h14-16H,4-13H2,1-3H3. The first kappa shape index (κ1) is 17.9. The van der Waals surface area contributed by atoms with E-state index in [0.717, 1.165) is 38.5 Å². The Balaban J connectivity index is 2.16. The topological polar surface area (TPSA) is 49.4 Å². The number of likely N-dealkylation sites (tertiary alicyclic amines) is 1. The highest BCUT2D eigenvalue weighted by Crippen LogP contribution is 2.16. The number of nitrogens with zero attached hydrogens (tertiary/aromatic N) is 1. The first-order chi connectivity index (χ1) is 9.43. The third kappa shape index (κ3) is 7.60. The quantitative estimate of drug-likeness (QED) is 0.705. The summed E-state index contributed by atoms with van der Waals surface area (Å²) in [5.41, 5.74) is 0. The molecule has 1 rings (SSSR count). The molecule has 1 N–H and O–H groups in total. The summed E-state index contributed by atoms with van der Waals surface area (Å²) in [6.07, 6.45) is 3.11. The molecule has 4 nitrogen and oxygen atoms in total. The van der Waals surface area contributed by atoms with E-state index in [-0.39, 0.29) is 0 Å². The van der Waals surface area contributed by atoms with Crippen LogP contribution in [0, 0.1) is 11.8 Å². The third-order valence-corrected chi connectivity index (χ3v) is 5.76. The molecule has 20 heavy (non-hydrogen) atoms. The zero-order valence-corrected chi connectivity index (χ0v) is 14.2. The van der Waals surface area contributed by atoms with Crippen molar-refractivity contribution < 1.29 is 8.42 Å². The summed E-state index contributed by atoms with van der Waals surface area (Å²) >= 11 is 0. The van der Waals surface area contributed by atoms with Gasteiger partial charge in [0, 0.05) is 12.3 Å². The van der Waals surface area contributed by atoms with E-state index in [2.05, 4.69) is 24.1 Å². The lowest BCUT2D eigenvalue weighted by atomic mass is 9.96. The van der Waals surface area contributed by atoms with Crippen LogP contribution in [0.1, 0.15) is 40.0 Å². The summed E-state index contributed by atoms with van der Waals surface area (Å²) in [5.74, 6) is 2.13. The van der Waals surface area contributed by atoms with Crippen LogP contribution in [0.15, 0.2) is 0 Å². The Morgan fingerprint density at radius 1 is 1.20 bits per heavy atom. The minimum Gasteiger partial charge on any atom is -0.316 e.